The van der Waals surface area contributed by atoms with E-state index in [0.717, 1.165) is 88.4 Å². The number of piperidine rings is 1. The Kier molecular flexibility index (Phi) is 10.9. The van der Waals surface area contributed by atoms with Gasteiger partial charge in [0.25, 0.3) is 0 Å². The molecule has 0 amide bonds. The standard InChI is InChI=1S/C34H41ClFN3O4/c1-24-8-9-26(34(40)41)21-32(24)39(17-14-29-5-2-3-20-42-29)19-18-38-15-12-25(13-16-38)31-6-4-7-33(37-31)43-23-27-10-11-28(35)22-30(27)36/h4,6-11,21-22,25,29H,2-3,5,12-20,23H2,1H3,(H,40,41). The Bertz CT molecular complexity index is 1380. The molecule has 2 aromatic carbocycles. The molecule has 9 heteroatoms. The molecular weight excluding hydrogens is 569 g/mol. The van der Waals surface area contributed by atoms with Crippen molar-refractivity contribution in [1.29, 1.82) is 0 Å². The lowest BCUT2D eigenvalue weighted by Gasteiger charge is -2.35. The number of hydrogen-bond acceptors (Lipinski definition) is 6. The fraction of sp³-hybridized carbons (Fsp3) is 0.471. The van der Waals surface area contributed by atoms with Gasteiger partial charge in [0.15, 0.2) is 0 Å². The molecule has 1 N–H and O–H groups in total. The van der Waals surface area contributed by atoms with Gasteiger partial charge in [-0.25, -0.2) is 14.2 Å². The van der Waals surface area contributed by atoms with E-state index >= 15 is 0 Å². The van der Waals surface area contributed by atoms with E-state index < -0.39 is 5.97 Å². The van der Waals surface area contributed by atoms with Crippen molar-refractivity contribution in [2.75, 3.05) is 44.2 Å². The SMILES string of the molecule is Cc1ccc(C(=O)O)cc1N(CCC1CCCCO1)CCN1CCC(c2cccc(OCc3ccc(Cl)cc3F)n2)CC1. The molecule has 1 aromatic heterocycles. The highest BCUT2D eigenvalue weighted by molar-refractivity contribution is 6.30. The molecule has 1 atom stereocenters. The molecule has 2 aliphatic heterocycles. The van der Waals surface area contributed by atoms with Crippen molar-refractivity contribution in [1.82, 2.24) is 9.88 Å². The largest absolute Gasteiger partial charge is 0.478 e. The van der Waals surface area contributed by atoms with Crippen molar-refractivity contribution in [3.63, 3.8) is 0 Å². The predicted molar refractivity (Wildman–Crippen MR) is 167 cm³/mol. The molecule has 1 unspecified atom stereocenters. The summed E-state index contributed by atoms with van der Waals surface area (Å²) in [4.78, 5) is 21.3. The highest BCUT2D eigenvalue weighted by Crippen LogP contribution is 2.29. The van der Waals surface area contributed by atoms with E-state index in [1.807, 2.05) is 31.2 Å². The second-order valence-electron chi connectivity index (χ2n) is 11.6. The maximum absolute atomic E-state index is 14.1. The first-order valence-electron chi connectivity index (χ1n) is 15.3. The summed E-state index contributed by atoms with van der Waals surface area (Å²) < 4.78 is 26.0. The molecule has 0 aliphatic carbocycles. The van der Waals surface area contributed by atoms with Crippen LogP contribution >= 0.6 is 11.6 Å². The Labute approximate surface area is 258 Å². The lowest BCUT2D eigenvalue weighted by Crippen LogP contribution is -2.40. The van der Waals surface area contributed by atoms with Crippen LogP contribution in [0.2, 0.25) is 5.02 Å². The van der Waals surface area contributed by atoms with Gasteiger partial charge >= 0.3 is 5.97 Å². The van der Waals surface area contributed by atoms with Crippen LogP contribution in [0.3, 0.4) is 0 Å². The number of aryl methyl sites for hydroxylation is 1. The summed E-state index contributed by atoms with van der Waals surface area (Å²) in [5, 5.41) is 9.97. The average Bonchev–Trinajstić information content (AvgIpc) is 3.02. The molecule has 0 saturated carbocycles. The van der Waals surface area contributed by atoms with Crippen molar-refractivity contribution >= 4 is 23.3 Å². The van der Waals surface area contributed by atoms with Crippen LogP contribution in [-0.4, -0.2) is 66.4 Å². The van der Waals surface area contributed by atoms with Gasteiger partial charge in [-0.2, -0.15) is 0 Å². The lowest BCUT2D eigenvalue weighted by molar-refractivity contribution is 0.0125. The maximum Gasteiger partial charge on any atom is 0.335 e. The summed E-state index contributed by atoms with van der Waals surface area (Å²) in [5.74, 6) is -0.465. The van der Waals surface area contributed by atoms with Crippen LogP contribution in [-0.2, 0) is 11.3 Å². The zero-order chi connectivity index (χ0) is 30.2. The number of carbonyl (C=O) groups is 1. The number of aromatic nitrogens is 1. The molecule has 0 radical (unpaired) electrons. The summed E-state index contributed by atoms with van der Waals surface area (Å²) in [6, 6.07) is 15.8. The number of likely N-dealkylation sites (tertiary alicyclic amines) is 1. The summed E-state index contributed by atoms with van der Waals surface area (Å²) in [6.45, 7) is 7.45. The van der Waals surface area contributed by atoms with Gasteiger partial charge in [0.05, 0.1) is 11.7 Å². The van der Waals surface area contributed by atoms with Gasteiger partial charge in [0.1, 0.15) is 12.4 Å². The van der Waals surface area contributed by atoms with Gasteiger partial charge in [0, 0.05) is 60.2 Å². The second kappa shape index (κ2) is 15.0. The minimum atomic E-state index is -0.904. The fourth-order valence-electron chi connectivity index (χ4n) is 6.01. The van der Waals surface area contributed by atoms with Crippen molar-refractivity contribution in [2.24, 2.45) is 0 Å². The number of rotatable bonds is 12. The van der Waals surface area contributed by atoms with Crippen LogP contribution in [0.4, 0.5) is 10.1 Å². The molecule has 2 fully saturated rings. The molecule has 3 heterocycles. The van der Waals surface area contributed by atoms with E-state index in [9.17, 15) is 14.3 Å². The maximum atomic E-state index is 14.1. The molecule has 5 rings (SSSR count). The minimum absolute atomic E-state index is 0.0934. The molecule has 230 valence electrons. The van der Waals surface area contributed by atoms with Crippen LogP contribution in [0.5, 0.6) is 5.88 Å². The molecule has 2 saturated heterocycles. The Morgan fingerprint density at radius 3 is 2.70 bits per heavy atom. The van der Waals surface area contributed by atoms with Crippen LogP contribution < -0.4 is 9.64 Å². The van der Waals surface area contributed by atoms with E-state index in [0.29, 0.717) is 27.9 Å². The summed E-state index contributed by atoms with van der Waals surface area (Å²) >= 11 is 5.86. The Hall–Kier alpha value is -3.20. The van der Waals surface area contributed by atoms with E-state index in [-0.39, 0.29) is 18.5 Å². The Balaban J connectivity index is 1.16. The molecule has 3 aromatic rings. The number of anilines is 1. The first-order valence-corrected chi connectivity index (χ1v) is 15.7. The van der Waals surface area contributed by atoms with Gasteiger partial charge in [-0.3, -0.25) is 0 Å². The topological polar surface area (TPSA) is 75.1 Å². The van der Waals surface area contributed by atoms with Gasteiger partial charge in [-0.1, -0.05) is 29.8 Å². The molecule has 0 bridgehead atoms. The number of nitrogens with zero attached hydrogens (tertiary/aromatic N) is 3. The average molecular weight is 610 g/mol. The van der Waals surface area contributed by atoms with Crippen molar-refractivity contribution in [2.45, 2.75) is 64.1 Å². The monoisotopic (exact) mass is 609 g/mol. The first-order chi connectivity index (χ1) is 20.9. The van der Waals surface area contributed by atoms with E-state index in [2.05, 4.69) is 9.80 Å². The van der Waals surface area contributed by atoms with Crippen LogP contribution in [0, 0.1) is 12.7 Å². The first kappa shape index (κ1) is 31.2. The molecule has 0 spiro atoms. The number of hydrogen-bond donors (Lipinski definition) is 1. The molecule has 43 heavy (non-hydrogen) atoms. The summed E-state index contributed by atoms with van der Waals surface area (Å²) in [6.07, 6.45) is 6.62. The fourth-order valence-corrected chi connectivity index (χ4v) is 6.17. The zero-order valence-corrected chi connectivity index (χ0v) is 25.6. The molecule has 2 aliphatic rings. The summed E-state index contributed by atoms with van der Waals surface area (Å²) in [7, 11) is 0. The quantitative estimate of drug-likeness (QED) is 0.235. The normalized spacial score (nSPS) is 18.0. The van der Waals surface area contributed by atoms with Crippen molar-refractivity contribution in [3.05, 3.63) is 87.8 Å². The van der Waals surface area contributed by atoms with Crippen molar-refractivity contribution in [3.8, 4) is 5.88 Å². The lowest BCUT2D eigenvalue weighted by atomic mass is 9.93. The predicted octanol–water partition coefficient (Wildman–Crippen LogP) is 7.10. The number of aromatic carboxylic acids is 1. The van der Waals surface area contributed by atoms with Gasteiger partial charge in [-0.05, 0) is 94.4 Å². The number of halogens is 2. The van der Waals surface area contributed by atoms with Crippen molar-refractivity contribution < 1.29 is 23.8 Å². The van der Waals surface area contributed by atoms with Gasteiger partial charge in [0.2, 0.25) is 5.88 Å². The number of benzene rings is 2. The summed E-state index contributed by atoms with van der Waals surface area (Å²) in [5.41, 5.74) is 3.83. The zero-order valence-electron chi connectivity index (χ0n) is 24.8. The second-order valence-corrected chi connectivity index (χ2v) is 12.0. The Morgan fingerprint density at radius 2 is 1.95 bits per heavy atom. The highest BCUT2D eigenvalue weighted by atomic mass is 35.5. The Morgan fingerprint density at radius 1 is 1.12 bits per heavy atom. The van der Waals surface area contributed by atoms with Crippen LogP contribution in [0.25, 0.3) is 0 Å². The smallest absolute Gasteiger partial charge is 0.335 e. The number of ether oxygens (including phenoxy) is 2. The van der Waals surface area contributed by atoms with Gasteiger partial charge < -0.3 is 24.4 Å². The van der Waals surface area contributed by atoms with Crippen LogP contribution in [0.15, 0.2) is 54.6 Å². The van der Waals surface area contributed by atoms with Crippen LogP contribution in [0.1, 0.15) is 71.6 Å². The number of carboxylic acid groups (broad SMARTS) is 1. The number of pyridine rings is 1. The van der Waals surface area contributed by atoms with E-state index in [1.165, 1.54) is 12.5 Å². The van der Waals surface area contributed by atoms with Gasteiger partial charge in [-0.15, -0.1) is 0 Å². The van der Waals surface area contributed by atoms with E-state index in [1.54, 1.807) is 24.3 Å². The third-order valence-electron chi connectivity index (χ3n) is 8.62. The highest BCUT2D eigenvalue weighted by Gasteiger charge is 2.24. The van der Waals surface area contributed by atoms with E-state index in [4.69, 9.17) is 26.1 Å². The molecular formula is C34H41ClFN3O4. The third kappa shape index (κ3) is 8.68. The number of carboxylic acids is 1. The minimum Gasteiger partial charge on any atom is -0.478 e. The molecule has 7 nitrogen and oxygen atoms in total. The third-order valence-corrected chi connectivity index (χ3v) is 8.85.